The molecule has 0 spiro atoms. The zero-order chi connectivity index (χ0) is 70.9. The largest absolute Gasteiger partial charge is 0.484 e. The van der Waals surface area contributed by atoms with E-state index in [1.165, 1.54) is 84.5 Å². The molecule has 12 heteroatoms. The van der Waals surface area contributed by atoms with E-state index >= 15 is 0 Å². The van der Waals surface area contributed by atoms with Crippen LogP contribution in [-0.4, -0.2) is 39.0 Å². The molecule has 8 heterocycles. The van der Waals surface area contributed by atoms with Gasteiger partial charge in [-0.3, -0.25) is 0 Å². The second-order valence-electron chi connectivity index (χ2n) is 27.8. The van der Waals surface area contributed by atoms with Crippen LogP contribution in [0.4, 0.5) is 0 Å². The molecule has 0 amide bonds. The van der Waals surface area contributed by atoms with Crippen LogP contribution in [0.5, 0.6) is 11.5 Å². The van der Waals surface area contributed by atoms with E-state index in [0.29, 0.717) is 34.9 Å². The van der Waals surface area contributed by atoms with Crippen molar-refractivity contribution in [1.29, 1.82) is 0 Å². The number of aromatic nitrogens is 8. The summed E-state index contributed by atoms with van der Waals surface area (Å²) < 4.78 is 23.3. The second-order valence-corrected chi connectivity index (χ2v) is 30.0. The van der Waals surface area contributed by atoms with Crippen LogP contribution in [0.2, 0.25) is 0 Å². The van der Waals surface area contributed by atoms with Gasteiger partial charge in [-0.15, -0.1) is 22.7 Å². The molecular formula is C96H60N8O2S2. The van der Waals surface area contributed by atoms with Gasteiger partial charge in [0.05, 0.1) is 22.4 Å². The molecule has 13 aromatic carbocycles. The van der Waals surface area contributed by atoms with Crippen LogP contribution in [-0.2, 0) is 0 Å². The molecule has 6 aromatic heterocycles. The molecule has 4 unspecified atom stereocenters. The van der Waals surface area contributed by atoms with Gasteiger partial charge in [0.2, 0.25) is 0 Å². The molecule has 4 atom stereocenters. The third-order valence-corrected chi connectivity index (χ3v) is 24.0. The third kappa shape index (κ3) is 10.1. The number of hydrogen-bond donors (Lipinski definition) is 0. The summed E-state index contributed by atoms with van der Waals surface area (Å²) in [5, 5.41) is 7.20. The number of nitrogens with zero attached hydrogens (tertiary/aromatic N) is 8. The topological polar surface area (TPSA) is 106 Å². The summed E-state index contributed by atoms with van der Waals surface area (Å²) >= 11 is 3.60. The lowest BCUT2D eigenvalue weighted by atomic mass is 9.85. The van der Waals surface area contributed by atoms with Crippen LogP contribution in [0.25, 0.3) is 165 Å². The van der Waals surface area contributed by atoms with Gasteiger partial charge < -0.3 is 18.6 Å². The Morgan fingerprint density at radius 2 is 0.620 bits per heavy atom. The molecule has 108 heavy (non-hydrogen) atoms. The van der Waals surface area contributed by atoms with Crippen molar-refractivity contribution in [2.75, 3.05) is 0 Å². The van der Waals surface area contributed by atoms with E-state index in [4.69, 9.17) is 39.4 Å². The Hall–Kier alpha value is -13.5. The molecule has 0 N–H and O–H groups in total. The van der Waals surface area contributed by atoms with Crippen LogP contribution in [0.3, 0.4) is 0 Å². The smallest absolute Gasteiger partial charge is 0.164 e. The highest BCUT2D eigenvalue weighted by Gasteiger charge is 2.42. The Balaban J connectivity index is 0.000000135. The van der Waals surface area contributed by atoms with Crippen LogP contribution in [0.1, 0.15) is 57.7 Å². The lowest BCUT2D eigenvalue weighted by molar-refractivity contribution is 0.224. The number of fused-ring (bicyclic) bond motifs is 20. The van der Waals surface area contributed by atoms with Crippen LogP contribution >= 0.6 is 22.7 Å². The summed E-state index contributed by atoms with van der Waals surface area (Å²) in [4.78, 5) is 31.0. The summed E-state index contributed by atoms with van der Waals surface area (Å²) in [6.45, 7) is 0. The molecule has 508 valence electrons. The predicted octanol–water partition coefficient (Wildman–Crippen LogP) is 24.5. The van der Waals surface area contributed by atoms with E-state index in [1.54, 1.807) is 22.7 Å². The van der Waals surface area contributed by atoms with Crippen LogP contribution in [0, 0.1) is 0 Å². The zero-order valence-electron chi connectivity index (χ0n) is 57.9. The van der Waals surface area contributed by atoms with Gasteiger partial charge in [-0.2, -0.15) is 0 Å². The average molecular weight is 1420 g/mol. The number of ether oxygens (including phenoxy) is 2. The number of para-hydroxylation sites is 4. The van der Waals surface area contributed by atoms with Gasteiger partial charge >= 0.3 is 0 Å². The number of thiophene rings is 2. The number of rotatable bonds is 9. The maximum atomic E-state index is 6.88. The summed E-state index contributed by atoms with van der Waals surface area (Å²) in [5.74, 6) is 5.77. The summed E-state index contributed by atoms with van der Waals surface area (Å²) in [5.41, 5.74) is 19.8. The fourth-order valence-corrected chi connectivity index (χ4v) is 19.1. The summed E-state index contributed by atoms with van der Waals surface area (Å²) in [6.07, 6.45) is 8.87. The molecule has 0 fully saturated rings. The lowest BCUT2D eigenvalue weighted by Crippen LogP contribution is -2.13. The highest BCUT2D eigenvalue weighted by molar-refractivity contribution is 7.26. The van der Waals surface area contributed by atoms with Crippen molar-refractivity contribution in [1.82, 2.24) is 39.0 Å². The quantitative estimate of drug-likeness (QED) is 0.141. The molecule has 0 radical (unpaired) electrons. The van der Waals surface area contributed by atoms with Gasteiger partial charge in [-0.25, -0.2) is 29.9 Å². The van der Waals surface area contributed by atoms with Crippen molar-refractivity contribution in [2.45, 2.75) is 24.0 Å². The minimum Gasteiger partial charge on any atom is -0.484 e. The first-order valence-corrected chi connectivity index (χ1v) is 38.1. The molecule has 2 aliphatic carbocycles. The first-order chi connectivity index (χ1) is 53.5. The molecule has 0 bridgehead atoms. The van der Waals surface area contributed by atoms with Crippen molar-refractivity contribution in [2.24, 2.45) is 0 Å². The van der Waals surface area contributed by atoms with Crippen molar-refractivity contribution < 1.29 is 9.47 Å². The van der Waals surface area contributed by atoms with E-state index in [2.05, 4.69) is 325 Å². The monoisotopic (exact) mass is 1420 g/mol. The van der Waals surface area contributed by atoms with E-state index < -0.39 is 0 Å². The molecule has 2 aliphatic heterocycles. The van der Waals surface area contributed by atoms with Gasteiger partial charge in [0, 0.05) is 130 Å². The van der Waals surface area contributed by atoms with Crippen molar-refractivity contribution in [3.8, 4) is 102 Å². The molecule has 10 nitrogen and oxygen atoms in total. The fourth-order valence-electron chi connectivity index (χ4n) is 16.8. The summed E-state index contributed by atoms with van der Waals surface area (Å²) in [7, 11) is 0. The Morgan fingerprint density at radius 1 is 0.278 bits per heavy atom. The first kappa shape index (κ1) is 61.9. The van der Waals surface area contributed by atoms with Crippen molar-refractivity contribution in [3.05, 3.63) is 361 Å². The molecule has 23 rings (SSSR count). The molecule has 0 saturated carbocycles. The highest BCUT2D eigenvalue weighted by Crippen LogP contribution is 2.56. The van der Waals surface area contributed by atoms with Gasteiger partial charge in [0.1, 0.15) is 23.7 Å². The maximum Gasteiger partial charge on any atom is 0.164 e. The van der Waals surface area contributed by atoms with E-state index in [-0.39, 0.29) is 24.0 Å². The van der Waals surface area contributed by atoms with Gasteiger partial charge in [0.15, 0.2) is 34.9 Å². The SMILES string of the molecule is C1=CC2c3cc(-c4nc(-c5ccc(-c6ccccc6)cc5)nc(-c5cccc6sc7ccccc7c56)n4)ccc3OC2c2c1n(-c1ccccc1)c1ccccc21.C1=CC2c3cc(-c4nc(-c5ccccc5)nc(-c5cccc6sc7ccccc7c56)n4)ccc3OC2c2c1n(-c1ccccc1)c1ccccc21. The number of hydrogen-bond acceptors (Lipinski definition) is 10. The van der Waals surface area contributed by atoms with E-state index in [9.17, 15) is 0 Å². The van der Waals surface area contributed by atoms with Crippen LogP contribution in [0.15, 0.2) is 328 Å². The lowest BCUT2D eigenvalue weighted by Gasteiger charge is -2.22. The number of benzene rings is 13. The van der Waals surface area contributed by atoms with Gasteiger partial charge in [-0.05, 0) is 120 Å². The highest BCUT2D eigenvalue weighted by atomic mass is 32.1. The molecule has 19 aromatic rings. The minimum absolute atomic E-state index is 0.0414. The van der Waals surface area contributed by atoms with Crippen LogP contribution < -0.4 is 9.47 Å². The van der Waals surface area contributed by atoms with Crippen molar-refractivity contribution in [3.63, 3.8) is 0 Å². The molecule has 4 aliphatic rings. The Kier molecular flexibility index (Phi) is 14.4. The molecular weight excluding hydrogens is 1360 g/mol. The molecule has 0 saturated heterocycles. The Bertz CT molecular complexity index is 6900. The maximum absolute atomic E-state index is 6.88. The van der Waals surface area contributed by atoms with Gasteiger partial charge in [0.25, 0.3) is 0 Å². The first-order valence-electron chi connectivity index (χ1n) is 36.4. The van der Waals surface area contributed by atoms with E-state index in [0.717, 1.165) is 78.6 Å². The third-order valence-electron chi connectivity index (χ3n) is 21.7. The standard InChI is InChI=1S/C51H32N4OS.C45H28N4OS/c1-3-12-31(13-4-1)32-22-24-33(25-23-32)49-52-50(54-51(53-49)39-18-11-21-45-46(39)38-17-8-10-20-44(38)57-45)34-26-29-43-40(30-34)36-27-28-42-47(48(36)56-43)37-16-7-9-19-41(37)55(42)35-14-5-2-6-15-35;1-3-12-27(13-4-1)43-46-44(48-45(47-43)33-18-11-21-39-40(33)32-17-8-10-20-38(32)51-39)28-22-25-37-34(26-28)30-23-24-36-41(42(30)50-37)31-16-7-9-19-35(31)49(36)29-14-5-2-6-15-29/h1-30,36,48H;1-26,30,42H. The van der Waals surface area contributed by atoms with Crippen molar-refractivity contribution >= 4 is 97.0 Å². The predicted molar refractivity (Wildman–Crippen MR) is 440 cm³/mol. The average Bonchev–Trinajstić information content (AvgIpc) is 1.57. The van der Waals surface area contributed by atoms with E-state index in [1.807, 2.05) is 24.3 Å². The van der Waals surface area contributed by atoms with Gasteiger partial charge in [-0.1, -0.05) is 231 Å². The normalized spacial score (nSPS) is 15.7. The Morgan fingerprint density at radius 3 is 1.08 bits per heavy atom. The Labute approximate surface area is 628 Å². The minimum atomic E-state index is -0.151. The fraction of sp³-hybridized carbons (Fsp3) is 0.0417. The zero-order valence-corrected chi connectivity index (χ0v) is 59.5. The summed E-state index contributed by atoms with van der Waals surface area (Å²) in [6, 6.07) is 110. The second kappa shape index (κ2) is 25.1.